The SMILES string of the molecule is N.N.N.N.N.N.O=S(=O)([O-])[O-].O=S(=O)([O-])[O-].O=S(=O)([O-])[O-].[Ni+3].[Ni+3]. The largest absolute Gasteiger partial charge is 3.00 e. The Bertz CT molecular complexity index is 360. The second-order valence-corrected chi connectivity index (χ2v) is 3.67. The van der Waals surface area contributed by atoms with E-state index in [0.29, 0.717) is 0 Å². The van der Waals surface area contributed by atoms with Gasteiger partial charge >= 0.3 is 33.0 Å². The van der Waals surface area contributed by atoms with E-state index in [2.05, 4.69) is 0 Å². The molecule has 0 aliphatic heterocycles. The quantitative estimate of drug-likeness (QED) is 0.107. The zero-order valence-electron chi connectivity index (χ0n) is 11.0. The van der Waals surface area contributed by atoms with Crippen LogP contribution >= 0.6 is 0 Å². The second kappa shape index (κ2) is 30.3. The average Bonchev–Trinajstić information content (AvgIpc) is 1.41. The van der Waals surface area contributed by atoms with Crippen LogP contribution in [0.5, 0.6) is 0 Å². The van der Waals surface area contributed by atoms with Crippen LogP contribution in [-0.2, 0) is 64.2 Å². The normalized spacial score (nSPS) is 7.57. The Hall–Kier alpha value is 0.357. The fourth-order valence-electron chi connectivity index (χ4n) is 0. The van der Waals surface area contributed by atoms with E-state index in [1.807, 2.05) is 0 Å². The monoisotopic (exact) mass is 506 g/mol. The molecule has 0 rings (SSSR count). The summed E-state index contributed by atoms with van der Waals surface area (Å²) in [5.41, 5.74) is 0. The molecule has 18 nitrogen and oxygen atoms in total. The zero-order chi connectivity index (χ0) is 13.5. The molecule has 0 aliphatic rings. The fourth-order valence-corrected chi connectivity index (χ4v) is 0. The predicted octanol–water partition coefficient (Wildman–Crippen LogP) is -3.05. The van der Waals surface area contributed by atoms with Gasteiger partial charge in [0.25, 0.3) is 0 Å². The van der Waals surface area contributed by atoms with E-state index >= 15 is 0 Å². The molecule has 0 aromatic rings. The molecule has 0 fully saturated rings. The van der Waals surface area contributed by atoms with Crippen molar-refractivity contribution in [3.63, 3.8) is 0 Å². The van der Waals surface area contributed by atoms with E-state index < -0.39 is 31.2 Å². The summed E-state index contributed by atoms with van der Waals surface area (Å²) in [5, 5.41) is 0. The summed E-state index contributed by atoms with van der Waals surface area (Å²) in [6.45, 7) is 0. The van der Waals surface area contributed by atoms with Crippen molar-refractivity contribution in [3.8, 4) is 0 Å². The van der Waals surface area contributed by atoms with Crippen molar-refractivity contribution in [2.24, 2.45) is 0 Å². The van der Waals surface area contributed by atoms with Gasteiger partial charge in [-0.3, -0.25) is 25.3 Å². The molecule has 0 aliphatic carbocycles. The molecular formula is H18N6Ni2O12S3. The predicted molar refractivity (Wildman–Crippen MR) is 61.6 cm³/mol. The Labute approximate surface area is 153 Å². The van der Waals surface area contributed by atoms with Gasteiger partial charge < -0.3 is 64.2 Å². The van der Waals surface area contributed by atoms with Crippen molar-refractivity contribution in [2.45, 2.75) is 0 Å². The molecule has 23 heteroatoms. The van der Waals surface area contributed by atoms with Crippen LogP contribution in [0.1, 0.15) is 0 Å². The Morgan fingerprint density at radius 2 is 0.348 bits per heavy atom. The summed E-state index contributed by atoms with van der Waals surface area (Å²) in [4.78, 5) is 0. The number of rotatable bonds is 0. The minimum atomic E-state index is -5.17. The van der Waals surface area contributed by atoms with Crippen molar-refractivity contribution >= 4 is 31.2 Å². The van der Waals surface area contributed by atoms with E-state index in [0.717, 1.165) is 0 Å². The zero-order valence-corrected chi connectivity index (χ0v) is 15.4. The van der Waals surface area contributed by atoms with Gasteiger partial charge in [-0.15, -0.1) is 0 Å². The van der Waals surface area contributed by atoms with Gasteiger partial charge in [-0.25, -0.2) is 0 Å². The molecule has 23 heavy (non-hydrogen) atoms. The van der Waals surface area contributed by atoms with Crippen LogP contribution in [0.3, 0.4) is 0 Å². The van der Waals surface area contributed by atoms with E-state index in [9.17, 15) is 0 Å². The van der Waals surface area contributed by atoms with E-state index in [4.69, 9.17) is 52.6 Å². The standard InChI is InChI=1S/6H3N.2Ni.3H2O4S/c;;;;;;;;3*1-5(2,3)4/h6*1H3;;;3*(H2,1,2,3,4)/q;;;;;;2*+3;;;/p-6. The van der Waals surface area contributed by atoms with Gasteiger partial charge in [-0.1, -0.05) is 0 Å². The Morgan fingerprint density at radius 1 is 0.348 bits per heavy atom. The smallest absolute Gasteiger partial charge is 0.759 e. The van der Waals surface area contributed by atoms with Crippen LogP contribution in [0.2, 0.25) is 0 Å². The molecule has 0 unspecified atom stereocenters. The third kappa shape index (κ3) is 72700. The molecule has 0 amide bonds. The first kappa shape index (κ1) is 76.5. The van der Waals surface area contributed by atoms with Crippen LogP contribution in [0, 0.1) is 0 Å². The molecule has 0 saturated carbocycles. The van der Waals surface area contributed by atoms with Gasteiger partial charge in [0.15, 0.2) is 0 Å². The molecule has 158 valence electrons. The molecule has 0 bridgehead atoms. The van der Waals surface area contributed by atoms with Crippen LogP contribution in [0.4, 0.5) is 0 Å². The van der Waals surface area contributed by atoms with Crippen molar-refractivity contribution in [3.05, 3.63) is 0 Å². The fraction of sp³-hybridized carbons (Fsp3) is 0. The minimum Gasteiger partial charge on any atom is -0.759 e. The van der Waals surface area contributed by atoms with Crippen LogP contribution in [0.15, 0.2) is 0 Å². The van der Waals surface area contributed by atoms with Gasteiger partial charge in [0.05, 0.1) is 0 Å². The molecule has 0 saturated heterocycles. The minimum absolute atomic E-state index is 0. The maximum absolute atomic E-state index is 8.52. The van der Waals surface area contributed by atoms with Crippen molar-refractivity contribution in [2.75, 3.05) is 0 Å². The Balaban J connectivity index is -0.00000000889. The van der Waals surface area contributed by atoms with Crippen molar-refractivity contribution in [1.82, 2.24) is 36.9 Å². The van der Waals surface area contributed by atoms with E-state index in [1.165, 1.54) is 0 Å². The molecule has 0 aromatic carbocycles. The van der Waals surface area contributed by atoms with Gasteiger partial charge in [-0.2, -0.15) is 0 Å². The first-order valence-electron chi connectivity index (χ1n) is 2.00. The molecule has 0 spiro atoms. The summed E-state index contributed by atoms with van der Waals surface area (Å²) in [6, 6.07) is 0. The molecule has 0 heterocycles. The topological polar surface area (TPSA) is 451 Å². The summed E-state index contributed by atoms with van der Waals surface area (Å²) >= 11 is 0. The molecule has 2 radical (unpaired) electrons. The summed E-state index contributed by atoms with van der Waals surface area (Å²) in [5.74, 6) is 0. The molecule has 0 aromatic heterocycles. The number of hydrogen-bond donors (Lipinski definition) is 6. The van der Waals surface area contributed by atoms with Crippen LogP contribution in [-0.4, -0.2) is 52.6 Å². The van der Waals surface area contributed by atoms with Gasteiger partial charge in [-0.05, 0) is 0 Å². The molecule has 18 N–H and O–H groups in total. The maximum Gasteiger partial charge on any atom is 3.00 e. The molecular weight excluding hydrogens is 490 g/mol. The van der Waals surface area contributed by atoms with Gasteiger partial charge in [0, 0.05) is 31.2 Å². The summed E-state index contributed by atoms with van der Waals surface area (Å²) in [6.07, 6.45) is 0. The third-order valence-electron chi connectivity index (χ3n) is 0. The van der Waals surface area contributed by atoms with E-state index in [-0.39, 0.29) is 69.9 Å². The average molecular weight is 508 g/mol. The first-order chi connectivity index (χ1) is 6.00. The molecule has 0 atom stereocenters. The van der Waals surface area contributed by atoms with Gasteiger partial charge in [0.1, 0.15) is 0 Å². The van der Waals surface area contributed by atoms with Crippen LogP contribution in [0.25, 0.3) is 0 Å². The third-order valence-corrected chi connectivity index (χ3v) is 0. The Kier molecular flexibility index (Phi) is 101. The number of hydrogen-bond acceptors (Lipinski definition) is 18. The second-order valence-electron chi connectivity index (χ2n) is 1.22. The van der Waals surface area contributed by atoms with Crippen molar-refractivity contribution in [1.29, 1.82) is 0 Å². The summed E-state index contributed by atoms with van der Waals surface area (Å²) < 4.78 is 102. The Morgan fingerprint density at radius 3 is 0.348 bits per heavy atom. The van der Waals surface area contributed by atoms with Crippen molar-refractivity contribution < 1.29 is 85.6 Å². The van der Waals surface area contributed by atoms with Gasteiger partial charge in [0.2, 0.25) is 0 Å². The first-order valence-corrected chi connectivity index (χ1v) is 6.00. The van der Waals surface area contributed by atoms with Crippen LogP contribution < -0.4 is 36.9 Å². The van der Waals surface area contributed by atoms with E-state index in [1.54, 1.807) is 0 Å². The maximum atomic E-state index is 8.52. The summed E-state index contributed by atoms with van der Waals surface area (Å²) in [7, 11) is -15.5.